The molecule has 0 amide bonds. The first-order valence-corrected chi connectivity index (χ1v) is 4.99. The van der Waals surface area contributed by atoms with Crippen molar-refractivity contribution in [3.8, 4) is 5.75 Å². The predicted molar refractivity (Wildman–Crippen MR) is 61.4 cm³/mol. The van der Waals surface area contributed by atoms with Crippen LogP contribution < -0.4 is 4.74 Å². The minimum Gasteiger partial charge on any atom is -0.496 e. The molecular weight excluding hydrogens is 212 g/mol. The van der Waals surface area contributed by atoms with Gasteiger partial charge in [-0.05, 0) is 35.0 Å². The lowest BCUT2D eigenvalue weighted by Crippen LogP contribution is -1.91. The Morgan fingerprint density at radius 2 is 2.00 bits per heavy atom. The summed E-state index contributed by atoms with van der Waals surface area (Å²) in [4.78, 5) is 0. The Kier molecular flexibility index (Phi) is 2.80. The Hall–Kier alpha value is -1.25. The molecule has 15 heavy (non-hydrogen) atoms. The van der Waals surface area contributed by atoms with Gasteiger partial charge in [-0.2, -0.15) is 0 Å². The number of halogens is 1. The molecule has 78 valence electrons. The molecule has 0 heterocycles. The fourth-order valence-corrected chi connectivity index (χ4v) is 1.79. The van der Waals surface area contributed by atoms with Crippen LogP contribution in [0.3, 0.4) is 0 Å². The summed E-state index contributed by atoms with van der Waals surface area (Å²) in [5.41, 5.74) is 0.771. The van der Waals surface area contributed by atoms with Crippen LogP contribution in [0.5, 0.6) is 5.75 Å². The van der Waals surface area contributed by atoms with Crippen molar-refractivity contribution in [2.24, 2.45) is 0 Å². The van der Waals surface area contributed by atoms with Crippen LogP contribution in [0.15, 0.2) is 30.3 Å². The lowest BCUT2D eigenvalue weighted by atomic mass is 10.1. The highest BCUT2D eigenvalue weighted by atomic mass is 35.5. The van der Waals surface area contributed by atoms with E-state index in [1.807, 2.05) is 30.3 Å². The van der Waals surface area contributed by atoms with Gasteiger partial charge in [0.15, 0.2) is 0 Å². The molecule has 0 unspecified atom stereocenters. The summed E-state index contributed by atoms with van der Waals surface area (Å²) < 4.78 is 5.18. The minimum atomic E-state index is -0.0361. The van der Waals surface area contributed by atoms with Crippen LogP contribution in [0.2, 0.25) is 5.02 Å². The number of fused-ring (bicyclic) bond motifs is 1. The molecule has 0 spiro atoms. The lowest BCUT2D eigenvalue weighted by Gasteiger charge is -2.08. The summed E-state index contributed by atoms with van der Waals surface area (Å²) in [6.45, 7) is -0.0361. The molecule has 0 saturated heterocycles. The zero-order valence-electron chi connectivity index (χ0n) is 8.33. The van der Waals surface area contributed by atoms with Crippen molar-refractivity contribution in [1.29, 1.82) is 0 Å². The molecule has 0 atom stereocenters. The molecule has 2 aromatic carbocycles. The molecular formula is C12H11ClO2. The molecule has 0 aliphatic heterocycles. The Morgan fingerprint density at radius 3 is 2.67 bits per heavy atom. The molecule has 0 aliphatic rings. The fraction of sp³-hybridized carbons (Fsp3) is 0.167. The summed E-state index contributed by atoms with van der Waals surface area (Å²) >= 11 is 5.89. The average molecular weight is 223 g/mol. The monoisotopic (exact) mass is 222 g/mol. The van der Waals surface area contributed by atoms with Crippen molar-refractivity contribution in [2.75, 3.05) is 7.11 Å². The van der Waals surface area contributed by atoms with Gasteiger partial charge in [0.25, 0.3) is 0 Å². The molecule has 0 radical (unpaired) electrons. The molecule has 0 aliphatic carbocycles. The maximum atomic E-state index is 9.17. The average Bonchev–Trinajstić information content (AvgIpc) is 2.27. The van der Waals surface area contributed by atoms with Crippen molar-refractivity contribution in [3.05, 3.63) is 40.9 Å². The molecule has 0 saturated carbocycles. The van der Waals surface area contributed by atoms with Crippen LogP contribution in [0.25, 0.3) is 10.8 Å². The van der Waals surface area contributed by atoms with E-state index in [4.69, 9.17) is 21.4 Å². The van der Waals surface area contributed by atoms with Crippen molar-refractivity contribution < 1.29 is 9.84 Å². The van der Waals surface area contributed by atoms with Crippen molar-refractivity contribution in [3.63, 3.8) is 0 Å². The molecule has 1 N–H and O–H groups in total. The van der Waals surface area contributed by atoms with E-state index in [1.165, 1.54) is 0 Å². The highest BCUT2D eigenvalue weighted by Crippen LogP contribution is 2.27. The standard InChI is InChI=1S/C12H11ClO2/c1-15-12-6-8-2-3-11(13)5-9(8)4-10(12)7-14/h2-6,14H,7H2,1H3. The Bertz CT molecular complexity index is 494. The second kappa shape index (κ2) is 4.09. The predicted octanol–water partition coefficient (Wildman–Crippen LogP) is 2.99. The van der Waals surface area contributed by atoms with Gasteiger partial charge >= 0.3 is 0 Å². The Balaban J connectivity index is 2.69. The molecule has 2 rings (SSSR count). The third-order valence-corrected chi connectivity index (χ3v) is 2.61. The molecule has 3 heteroatoms. The van der Waals surface area contributed by atoms with Gasteiger partial charge in [-0.25, -0.2) is 0 Å². The first-order chi connectivity index (χ1) is 7.24. The number of hydrogen-bond acceptors (Lipinski definition) is 2. The SMILES string of the molecule is COc1cc2ccc(Cl)cc2cc1CO. The van der Waals surface area contributed by atoms with Crippen molar-refractivity contribution in [2.45, 2.75) is 6.61 Å². The molecule has 0 fully saturated rings. The number of rotatable bonds is 2. The van der Waals surface area contributed by atoms with Crippen LogP contribution in [0, 0.1) is 0 Å². The summed E-state index contributed by atoms with van der Waals surface area (Å²) in [7, 11) is 1.59. The van der Waals surface area contributed by atoms with Crippen LogP contribution in [-0.4, -0.2) is 12.2 Å². The van der Waals surface area contributed by atoms with Gasteiger partial charge in [0.1, 0.15) is 5.75 Å². The van der Waals surface area contributed by atoms with Crippen molar-refractivity contribution >= 4 is 22.4 Å². The van der Waals surface area contributed by atoms with Crippen LogP contribution in [0.1, 0.15) is 5.56 Å². The van der Waals surface area contributed by atoms with Crippen LogP contribution in [0.4, 0.5) is 0 Å². The summed E-state index contributed by atoms with van der Waals surface area (Å²) in [5.74, 6) is 0.701. The van der Waals surface area contributed by atoms with Crippen molar-refractivity contribution in [1.82, 2.24) is 0 Å². The third-order valence-electron chi connectivity index (χ3n) is 2.37. The van der Waals surface area contributed by atoms with Gasteiger partial charge in [-0.1, -0.05) is 17.7 Å². The smallest absolute Gasteiger partial charge is 0.125 e. The highest BCUT2D eigenvalue weighted by Gasteiger charge is 2.04. The van der Waals surface area contributed by atoms with E-state index in [0.717, 1.165) is 16.3 Å². The summed E-state index contributed by atoms with van der Waals surface area (Å²) in [5, 5.41) is 11.9. The normalized spacial score (nSPS) is 10.6. The van der Waals surface area contributed by atoms with E-state index in [1.54, 1.807) is 7.11 Å². The maximum absolute atomic E-state index is 9.17. The fourth-order valence-electron chi connectivity index (χ4n) is 1.61. The quantitative estimate of drug-likeness (QED) is 0.847. The highest BCUT2D eigenvalue weighted by molar-refractivity contribution is 6.31. The first kappa shape index (κ1) is 10.3. The Morgan fingerprint density at radius 1 is 1.20 bits per heavy atom. The van der Waals surface area contributed by atoms with Gasteiger partial charge in [0, 0.05) is 10.6 Å². The van der Waals surface area contributed by atoms with Crippen LogP contribution in [-0.2, 0) is 6.61 Å². The molecule has 2 aromatic rings. The van der Waals surface area contributed by atoms with E-state index in [9.17, 15) is 0 Å². The molecule has 0 aromatic heterocycles. The summed E-state index contributed by atoms with van der Waals surface area (Å²) in [6.07, 6.45) is 0. The largest absolute Gasteiger partial charge is 0.496 e. The number of methoxy groups -OCH3 is 1. The van der Waals surface area contributed by atoms with Gasteiger partial charge in [-0.3, -0.25) is 0 Å². The van der Waals surface area contributed by atoms with Gasteiger partial charge in [0.05, 0.1) is 13.7 Å². The zero-order valence-corrected chi connectivity index (χ0v) is 9.08. The second-order valence-corrected chi connectivity index (χ2v) is 3.75. The van der Waals surface area contributed by atoms with Gasteiger partial charge < -0.3 is 9.84 Å². The zero-order chi connectivity index (χ0) is 10.8. The third kappa shape index (κ3) is 1.91. The van der Waals surface area contributed by atoms with E-state index < -0.39 is 0 Å². The van der Waals surface area contributed by atoms with Crippen LogP contribution >= 0.6 is 11.6 Å². The number of ether oxygens (including phenoxy) is 1. The number of hydrogen-bond donors (Lipinski definition) is 1. The number of aliphatic hydroxyl groups is 1. The van der Waals surface area contributed by atoms with Gasteiger partial charge in [0.2, 0.25) is 0 Å². The maximum Gasteiger partial charge on any atom is 0.125 e. The minimum absolute atomic E-state index is 0.0361. The van der Waals surface area contributed by atoms with E-state index in [2.05, 4.69) is 0 Å². The van der Waals surface area contributed by atoms with E-state index >= 15 is 0 Å². The lowest BCUT2D eigenvalue weighted by molar-refractivity contribution is 0.274. The second-order valence-electron chi connectivity index (χ2n) is 3.31. The first-order valence-electron chi connectivity index (χ1n) is 4.61. The topological polar surface area (TPSA) is 29.5 Å². The molecule has 0 bridgehead atoms. The molecule has 2 nitrogen and oxygen atoms in total. The van der Waals surface area contributed by atoms with E-state index in [-0.39, 0.29) is 6.61 Å². The van der Waals surface area contributed by atoms with Gasteiger partial charge in [-0.15, -0.1) is 0 Å². The van der Waals surface area contributed by atoms with E-state index in [0.29, 0.717) is 10.8 Å². The Labute approximate surface area is 93.1 Å². The number of benzene rings is 2. The summed E-state index contributed by atoms with van der Waals surface area (Å²) in [6, 6.07) is 9.43. The number of aliphatic hydroxyl groups excluding tert-OH is 1.